The second-order valence-corrected chi connectivity index (χ2v) is 5.95. The first kappa shape index (κ1) is 17.3. The number of anilines is 1. The molecule has 0 aliphatic rings. The van der Waals surface area contributed by atoms with E-state index in [0.717, 1.165) is 12.1 Å². The van der Waals surface area contributed by atoms with Crippen LogP contribution >= 0.6 is 0 Å². The van der Waals surface area contributed by atoms with Crippen molar-refractivity contribution in [2.75, 3.05) is 18.6 Å². The first-order valence-electron chi connectivity index (χ1n) is 6.17. The summed E-state index contributed by atoms with van der Waals surface area (Å²) in [4.78, 5) is 9.75. The number of benzene rings is 1. The molecule has 1 aromatic carbocycles. The molecule has 0 aliphatic heterocycles. The molecule has 0 saturated heterocycles. The molecular formula is C11H18N4O5S. The van der Waals surface area contributed by atoms with Gasteiger partial charge in [-0.05, 0) is 26.0 Å². The topological polar surface area (TPSA) is 137 Å². The van der Waals surface area contributed by atoms with Crippen LogP contribution in [0.3, 0.4) is 0 Å². The molecule has 21 heavy (non-hydrogen) atoms. The molecule has 0 spiro atoms. The van der Waals surface area contributed by atoms with E-state index in [-0.39, 0.29) is 12.3 Å². The molecule has 0 aliphatic carbocycles. The number of sulfonamides is 1. The normalized spacial score (nSPS) is 12.9. The van der Waals surface area contributed by atoms with Crippen LogP contribution in [0.1, 0.15) is 13.8 Å². The van der Waals surface area contributed by atoms with E-state index in [0.29, 0.717) is 6.61 Å². The van der Waals surface area contributed by atoms with E-state index >= 15 is 0 Å². The fourth-order valence-electron chi connectivity index (χ4n) is 1.63. The molecule has 118 valence electrons. The maximum Gasteiger partial charge on any atom is 0.289 e. The van der Waals surface area contributed by atoms with Crippen molar-refractivity contribution < 1.29 is 18.1 Å². The third kappa shape index (κ3) is 4.63. The number of nitro groups is 1. The molecule has 1 rings (SSSR count). The van der Waals surface area contributed by atoms with Gasteiger partial charge in [0.2, 0.25) is 10.0 Å². The van der Waals surface area contributed by atoms with Crippen LogP contribution in [0.25, 0.3) is 0 Å². The minimum absolute atomic E-state index is 0.165. The second kappa shape index (κ2) is 7.31. The molecule has 0 amide bonds. The molecule has 1 atom stereocenters. The number of hydrogen-bond acceptors (Lipinski definition) is 7. The Kier molecular flexibility index (Phi) is 6.03. The number of nitrogens with one attached hydrogen (secondary N) is 2. The number of hydrogen-bond donors (Lipinski definition) is 3. The molecule has 0 radical (unpaired) electrons. The monoisotopic (exact) mass is 318 g/mol. The quantitative estimate of drug-likeness (QED) is 0.362. The first-order chi connectivity index (χ1) is 9.81. The standard InChI is InChI=1S/C11H18N4O5S/c1-3-20-7-8(2)14-21(18,19)11-6-9(13-12)4-5-10(11)15(16)17/h4-6,8,13-14H,3,7,12H2,1-2H3. The van der Waals surface area contributed by atoms with Gasteiger partial charge in [0.1, 0.15) is 0 Å². The molecule has 0 heterocycles. The Morgan fingerprint density at radius 2 is 2.14 bits per heavy atom. The Bertz CT molecular complexity index is 605. The first-order valence-corrected chi connectivity index (χ1v) is 7.65. The predicted molar refractivity (Wildman–Crippen MR) is 77.2 cm³/mol. The lowest BCUT2D eigenvalue weighted by Gasteiger charge is -2.14. The van der Waals surface area contributed by atoms with E-state index in [2.05, 4.69) is 10.1 Å². The summed E-state index contributed by atoms with van der Waals surface area (Å²) in [5, 5.41) is 11.0. The van der Waals surface area contributed by atoms with Crippen molar-refractivity contribution in [1.29, 1.82) is 0 Å². The van der Waals surface area contributed by atoms with Gasteiger partial charge in [0, 0.05) is 18.7 Å². The number of ether oxygens (including phenoxy) is 1. The van der Waals surface area contributed by atoms with E-state index < -0.39 is 31.6 Å². The lowest BCUT2D eigenvalue weighted by atomic mass is 10.3. The molecule has 0 aromatic heterocycles. The SMILES string of the molecule is CCOCC(C)NS(=O)(=O)c1cc(NN)ccc1[N+](=O)[O-]. The molecule has 10 heteroatoms. The number of nitrogen functional groups attached to an aromatic ring is 1. The van der Waals surface area contributed by atoms with Gasteiger partial charge in [-0.1, -0.05) is 0 Å². The average Bonchev–Trinajstić information content (AvgIpc) is 2.43. The van der Waals surface area contributed by atoms with Gasteiger partial charge in [0.05, 0.1) is 17.2 Å². The maximum absolute atomic E-state index is 12.3. The van der Waals surface area contributed by atoms with E-state index in [9.17, 15) is 18.5 Å². The Morgan fingerprint density at radius 1 is 1.48 bits per heavy atom. The van der Waals surface area contributed by atoms with Gasteiger partial charge in [-0.3, -0.25) is 16.0 Å². The predicted octanol–water partition coefficient (Wildman–Crippen LogP) is 0.584. The molecular weight excluding hydrogens is 300 g/mol. The van der Waals surface area contributed by atoms with Crippen LogP contribution in [0.5, 0.6) is 0 Å². The summed E-state index contributed by atoms with van der Waals surface area (Å²) in [6.45, 7) is 3.99. The van der Waals surface area contributed by atoms with Crippen molar-refractivity contribution in [3.05, 3.63) is 28.3 Å². The highest BCUT2D eigenvalue weighted by molar-refractivity contribution is 7.89. The summed E-state index contributed by atoms with van der Waals surface area (Å²) in [6.07, 6.45) is 0. The van der Waals surface area contributed by atoms with Crippen LogP contribution in [0.15, 0.2) is 23.1 Å². The highest BCUT2D eigenvalue weighted by atomic mass is 32.2. The molecule has 4 N–H and O–H groups in total. The van der Waals surface area contributed by atoms with Gasteiger partial charge in [-0.15, -0.1) is 0 Å². The molecule has 9 nitrogen and oxygen atoms in total. The van der Waals surface area contributed by atoms with Crippen molar-refractivity contribution in [2.45, 2.75) is 24.8 Å². The van der Waals surface area contributed by atoms with E-state index in [4.69, 9.17) is 10.6 Å². The number of rotatable bonds is 8. The Hall–Kier alpha value is -1.75. The van der Waals surface area contributed by atoms with Crippen molar-refractivity contribution in [3.8, 4) is 0 Å². The van der Waals surface area contributed by atoms with Crippen LogP contribution in [0.4, 0.5) is 11.4 Å². The molecule has 0 bridgehead atoms. The zero-order chi connectivity index (χ0) is 16.0. The van der Waals surface area contributed by atoms with E-state index in [1.165, 1.54) is 6.07 Å². The minimum atomic E-state index is -4.07. The van der Waals surface area contributed by atoms with Crippen LogP contribution in [-0.2, 0) is 14.8 Å². The van der Waals surface area contributed by atoms with Gasteiger partial charge in [-0.2, -0.15) is 0 Å². The third-order valence-electron chi connectivity index (χ3n) is 2.54. The number of nitro benzene ring substituents is 1. The fourth-order valence-corrected chi connectivity index (χ4v) is 3.05. The number of nitrogens with two attached hydrogens (primary N) is 1. The summed E-state index contributed by atoms with van der Waals surface area (Å²) in [6, 6.07) is 2.98. The van der Waals surface area contributed by atoms with Gasteiger partial charge >= 0.3 is 0 Å². The van der Waals surface area contributed by atoms with Crippen LogP contribution in [0, 0.1) is 10.1 Å². The number of nitrogens with zero attached hydrogens (tertiary/aromatic N) is 1. The van der Waals surface area contributed by atoms with Gasteiger partial charge < -0.3 is 10.2 Å². The van der Waals surface area contributed by atoms with Crippen LogP contribution in [-0.4, -0.2) is 32.6 Å². The minimum Gasteiger partial charge on any atom is -0.380 e. The molecule has 0 fully saturated rings. The summed E-state index contributed by atoms with van der Waals surface area (Å²) in [5.74, 6) is 5.20. The Balaban J connectivity index is 3.14. The molecule has 0 saturated carbocycles. The average molecular weight is 318 g/mol. The van der Waals surface area contributed by atoms with Crippen molar-refractivity contribution in [1.82, 2.24) is 4.72 Å². The Labute approximate surface area is 122 Å². The van der Waals surface area contributed by atoms with Crippen molar-refractivity contribution in [3.63, 3.8) is 0 Å². The van der Waals surface area contributed by atoms with Crippen molar-refractivity contribution in [2.24, 2.45) is 5.84 Å². The summed E-state index contributed by atoms with van der Waals surface area (Å²) in [5.41, 5.74) is 1.98. The number of hydrazine groups is 1. The summed E-state index contributed by atoms with van der Waals surface area (Å²) < 4.78 is 32.0. The largest absolute Gasteiger partial charge is 0.380 e. The highest BCUT2D eigenvalue weighted by Gasteiger charge is 2.27. The highest BCUT2D eigenvalue weighted by Crippen LogP contribution is 2.26. The molecule has 1 aromatic rings. The van der Waals surface area contributed by atoms with Gasteiger partial charge in [0.15, 0.2) is 4.90 Å². The van der Waals surface area contributed by atoms with E-state index in [1.807, 2.05) is 0 Å². The summed E-state index contributed by atoms with van der Waals surface area (Å²) >= 11 is 0. The van der Waals surface area contributed by atoms with Crippen LogP contribution in [0.2, 0.25) is 0 Å². The van der Waals surface area contributed by atoms with Gasteiger partial charge in [-0.25, -0.2) is 13.1 Å². The van der Waals surface area contributed by atoms with E-state index in [1.54, 1.807) is 13.8 Å². The van der Waals surface area contributed by atoms with Gasteiger partial charge in [0.25, 0.3) is 5.69 Å². The zero-order valence-corrected chi connectivity index (χ0v) is 12.5. The lowest BCUT2D eigenvalue weighted by Crippen LogP contribution is -2.36. The summed E-state index contributed by atoms with van der Waals surface area (Å²) in [7, 11) is -4.07. The smallest absolute Gasteiger partial charge is 0.289 e. The lowest BCUT2D eigenvalue weighted by molar-refractivity contribution is -0.387. The van der Waals surface area contributed by atoms with Crippen molar-refractivity contribution >= 4 is 21.4 Å². The third-order valence-corrected chi connectivity index (χ3v) is 4.16. The molecule has 1 unspecified atom stereocenters. The van der Waals surface area contributed by atoms with Crippen LogP contribution < -0.4 is 16.0 Å². The second-order valence-electron chi connectivity index (χ2n) is 4.27. The zero-order valence-electron chi connectivity index (χ0n) is 11.7. The fraction of sp³-hybridized carbons (Fsp3) is 0.455. The Morgan fingerprint density at radius 3 is 2.67 bits per heavy atom. The maximum atomic E-state index is 12.3.